The zero-order valence-electron chi connectivity index (χ0n) is 14.1. The topological polar surface area (TPSA) is 85.6 Å². The van der Waals surface area contributed by atoms with Crippen LogP contribution in [0, 0.1) is 0 Å². The molecule has 0 saturated carbocycles. The number of carbonyl (C=O) groups is 2. The second kappa shape index (κ2) is 7.11. The van der Waals surface area contributed by atoms with Gasteiger partial charge in [-0.25, -0.2) is 4.79 Å². The standard InChI is InChI=1S/C18H18ClNO5/c1-18(2,3)25-15(21)10-20-9-12(8-14(16(20)22)17(23)24)11-5-4-6-13(19)7-11/h4-9H,10H2,1-3H3,(H,23,24). The van der Waals surface area contributed by atoms with Crippen molar-refractivity contribution in [3.63, 3.8) is 0 Å². The van der Waals surface area contributed by atoms with Crippen molar-refractivity contribution >= 4 is 23.5 Å². The number of benzene rings is 1. The number of hydrogen-bond donors (Lipinski definition) is 1. The lowest BCUT2D eigenvalue weighted by Gasteiger charge is -2.20. The van der Waals surface area contributed by atoms with E-state index in [1.807, 2.05) is 0 Å². The van der Waals surface area contributed by atoms with E-state index in [9.17, 15) is 19.5 Å². The van der Waals surface area contributed by atoms with Gasteiger partial charge in [0.25, 0.3) is 5.56 Å². The number of carboxylic acid groups (broad SMARTS) is 1. The largest absolute Gasteiger partial charge is 0.477 e. The summed E-state index contributed by atoms with van der Waals surface area (Å²) >= 11 is 5.97. The molecule has 25 heavy (non-hydrogen) atoms. The Kier molecular flexibility index (Phi) is 5.33. The van der Waals surface area contributed by atoms with Crippen LogP contribution in [0.1, 0.15) is 31.1 Å². The number of carbonyl (C=O) groups excluding carboxylic acids is 1. The highest BCUT2D eigenvalue weighted by Gasteiger charge is 2.20. The quantitative estimate of drug-likeness (QED) is 0.843. The molecule has 1 heterocycles. The van der Waals surface area contributed by atoms with Gasteiger partial charge < -0.3 is 14.4 Å². The molecule has 2 rings (SSSR count). The lowest BCUT2D eigenvalue weighted by atomic mass is 10.1. The van der Waals surface area contributed by atoms with E-state index in [4.69, 9.17) is 16.3 Å². The van der Waals surface area contributed by atoms with Gasteiger partial charge in [0.15, 0.2) is 0 Å². The molecule has 0 atom stereocenters. The van der Waals surface area contributed by atoms with Crippen molar-refractivity contribution in [3.05, 3.63) is 57.5 Å². The van der Waals surface area contributed by atoms with E-state index >= 15 is 0 Å². The van der Waals surface area contributed by atoms with Gasteiger partial charge in [-0.15, -0.1) is 0 Å². The van der Waals surface area contributed by atoms with E-state index in [0.29, 0.717) is 16.1 Å². The first kappa shape index (κ1) is 18.7. The third-order valence-corrected chi connectivity index (χ3v) is 3.43. The van der Waals surface area contributed by atoms with Crippen LogP contribution < -0.4 is 5.56 Å². The summed E-state index contributed by atoms with van der Waals surface area (Å²) in [6.07, 6.45) is 1.42. The molecule has 0 radical (unpaired) electrons. The summed E-state index contributed by atoms with van der Waals surface area (Å²) in [5.41, 5.74) is -0.817. The molecule has 0 bridgehead atoms. The number of ether oxygens (including phenoxy) is 1. The van der Waals surface area contributed by atoms with Crippen LogP contribution in [0.3, 0.4) is 0 Å². The van der Waals surface area contributed by atoms with Crippen LogP contribution in [0.25, 0.3) is 11.1 Å². The van der Waals surface area contributed by atoms with E-state index in [1.54, 1.807) is 45.0 Å². The lowest BCUT2D eigenvalue weighted by Crippen LogP contribution is -2.32. The van der Waals surface area contributed by atoms with Crippen LogP contribution in [-0.4, -0.2) is 27.2 Å². The van der Waals surface area contributed by atoms with Crippen LogP contribution in [0.5, 0.6) is 0 Å². The van der Waals surface area contributed by atoms with Crippen LogP contribution >= 0.6 is 11.6 Å². The molecule has 132 valence electrons. The number of nitrogens with zero attached hydrogens (tertiary/aromatic N) is 1. The molecule has 6 nitrogen and oxygen atoms in total. The Hall–Kier alpha value is -2.60. The van der Waals surface area contributed by atoms with Gasteiger partial charge in [0.05, 0.1) is 0 Å². The summed E-state index contributed by atoms with van der Waals surface area (Å²) in [5, 5.41) is 9.75. The monoisotopic (exact) mass is 363 g/mol. The molecule has 0 aliphatic heterocycles. The van der Waals surface area contributed by atoms with Gasteiger partial charge in [-0.3, -0.25) is 9.59 Å². The Morgan fingerprint density at radius 1 is 1.20 bits per heavy atom. The summed E-state index contributed by atoms with van der Waals surface area (Å²) in [4.78, 5) is 35.7. The number of rotatable bonds is 4. The molecule has 0 fully saturated rings. The predicted molar refractivity (Wildman–Crippen MR) is 94.0 cm³/mol. The van der Waals surface area contributed by atoms with Gasteiger partial charge in [-0.1, -0.05) is 23.7 Å². The number of aromatic carboxylic acids is 1. The molecule has 1 aromatic heterocycles. The number of halogens is 1. The Morgan fingerprint density at radius 2 is 1.88 bits per heavy atom. The molecule has 0 aliphatic rings. The molecule has 1 N–H and O–H groups in total. The van der Waals surface area contributed by atoms with Gasteiger partial charge >= 0.3 is 11.9 Å². The van der Waals surface area contributed by atoms with Gasteiger partial charge in [0, 0.05) is 11.2 Å². The third-order valence-electron chi connectivity index (χ3n) is 3.19. The predicted octanol–water partition coefficient (Wildman–Crippen LogP) is 3.21. The summed E-state index contributed by atoms with van der Waals surface area (Å²) in [6.45, 7) is 4.74. The molecule has 0 amide bonds. The second-order valence-electron chi connectivity index (χ2n) is 6.48. The Labute approximate surface area is 149 Å². The van der Waals surface area contributed by atoms with Gasteiger partial charge in [-0.2, -0.15) is 0 Å². The Morgan fingerprint density at radius 3 is 2.44 bits per heavy atom. The molecule has 7 heteroatoms. The number of hydrogen-bond acceptors (Lipinski definition) is 4. The summed E-state index contributed by atoms with van der Waals surface area (Å²) < 4.78 is 6.23. The molecule has 0 aliphatic carbocycles. The van der Waals surface area contributed by atoms with Crippen LogP contribution in [-0.2, 0) is 16.1 Å². The molecule has 0 spiro atoms. The zero-order chi connectivity index (χ0) is 18.8. The van der Waals surface area contributed by atoms with E-state index in [0.717, 1.165) is 4.57 Å². The first-order chi connectivity index (χ1) is 11.6. The lowest BCUT2D eigenvalue weighted by molar-refractivity contribution is -0.155. The maximum absolute atomic E-state index is 12.3. The minimum absolute atomic E-state index is 0.384. The number of esters is 1. The summed E-state index contributed by atoms with van der Waals surface area (Å²) in [7, 11) is 0. The fourth-order valence-corrected chi connectivity index (χ4v) is 2.44. The Bertz CT molecular complexity index is 880. The smallest absolute Gasteiger partial charge is 0.341 e. The number of pyridine rings is 1. The molecule has 2 aromatic rings. The van der Waals surface area contributed by atoms with Crippen LogP contribution in [0.2, 0.25) is 5.02 Å². The van der Waals surface area contributed by atoms with Crippen LogP contribution in [0.15, 0.2) is 41.3 Å². The van der Waals surface area contributed by atoms with E-state index in [1.165, 1.54) is 12.3 Å². The molecule has 0 saturated heterocycles. The second-order valence-corrected chi connectivity index (χ2v) is 6.91. The zero-order valence-corrected chi connectivity index (χ0v) is 14.8. The van der Waals surface area contributed by atoms with Gasteiger partial charge in [-0.05, 0) is 50.1 Å². The Balaban J connectivity index is 2.50. The van der Waals surface area contributed by atoms with Crippen LogP contribution in [0.4, 0.5) is 0 Å². The van der Waals surface area contributed by atoms with Crippen molar-refractivity contribution in [2.75, 3.05) is 0 Å². The average Bonchev–Trinajstić information content (AvgIpc) is 2.47. The molecule has 1 aromatic carbocycles. The number of carboxylic acids is 1. The minimum atomic E-state index is -1.37. The van der Waals surface area contributed by atoms with Gasteiger partial charge in [0.2, 0.25) is 0 Å². The summed E-state index contributed by atoms with van der Waals surface area (Å²) in [6, 6.07) is 8.03. The van der Waals surface area contributed by atoms with E-state index in [-0.39, 0.29) is 6.54 Å². The average molecular weight is 364 g/mol. The minimum Gasteiger partial charge on any atom is -0.477 e. The normalized spacial score (nSPS) is 11.2. The van der Waals surface area contributed by atoms with E-state index in [2.05, 4.69) is 0 Å². The van der Waals surface area contributed by atoms with Gasteiger partial charge in [0.1, 0.15) is 17.7 Å². The third kappa shape index (κ3) is 4.93. The fraction of sp³-hybridized carbons (Fsp3) is 0.278. The van der Waals surface area contributed by atoms with E-state index < -0.39 is 28.7 Å². The number of aromatic nitrogens is 1. The first-order valence-corrected chi connectivity index (χ1v) is 7.90. The highest BCUT2D eigenvalue weighted by Crippen LogP contribution is 2.22. The van der Waals surface area contributed by atoms with Crippen molar-refractivity contribution in [1.29, 1.82) is 0 Å². The SMILES string of the molecule is CC(C)(C)OC(=O)Cn1cc(-c2cccc(Cl)c2)cc(C(=O)O)c1=O. The highest BCUT2D eigenvalue weighted by atomic mass is 35.5. The van der Waals surface area contributed by atoms with Crippen molar-refractivity contribution in [2.45, 2.75) is 32.9 Å². The maximum atomic E-state index is 12.3. The van der Waals surface area contributed by atoms with Crippen molar-refractivity contribution in [3.8, 4) is 11.1 Å². The maximum Gasteiger partial charge on any atom is 0.341 e. The molecule has 0 unspecified atom stereocenters. The molecular formula is C18H18ClNO5. The van der Waals surface area contributed by atoms with Crippen molar-refractivity contribution < 1.29 is 19.4 Å². The highest BCUT2D eigenvalue weighted by molar-refractivity contribution is 6.30. The van der Waals surface area contributed by atoms with Crippen molar-refractivity contribution in [2.24, 2.45) is 0 Å². The van der Waals surface area contributed by atoms with Crippen molar-refractivity contribution in [1.82, 2.24) is 4.57 Å². The summed E-state index contributed by atoms with van der Waals surface area (Å²) in [5.74, 6) is -2.00. The molecular weight excluding hydrogens is 346 g/mol. The first-order valence-electron chi connectivity index (χ1n) is 7.52. The fourth-order valence-electron chi connectivity index (χ4n) is 2.25.